The lowest BCUT2D eigenvalue weighted by molar-refractivity contribution is -0.126. The molecule has 9 heteroatoms. The topological polar surface area (TPSA) is 128 Å². The maximum Gasteiger partial charge on any atom is 0.248 e. The third-order valence-corrected chi connectivity index (χ3v) is 3.83. The number of hydrogen-bond donors (Lipinski definition) is 3. The lowest BCUT2D eigenvalue weighted by Gasteiger charge is -2.09. The minimum Gasteiger partial charge on any atom is -0.481 e. The van der Waals surface area contributed by atoms with Gasteiger partial charge in [-0.3, -0.25) is 9.48 Å². The number of methoxy groups -OCH3 is 1. The van der Waals surface area contributed by atoms with Crippen LogP contribution in [0.5, 0.6) is 5.88 Å². The van der Waals surface area contributed by atoms with Crippen molar-refractivity contribution in [2.24, 2.45) is 5.73 Å². The quantitative estimate of drug-likeness (QED) is 0.572. The van der Waals surface area contributed by atoms with Crippen LogP contribution in [-0.2, 0) is 11.3 Å². The average molecular weight is 368 g/mol. The van der Waals surface area contributed by atoms with Gasteiger partial charge in [0.25, 0.3) is 0 Å². The molecule has 3 rings (SSSR count). The lowest BCUT2D eigenvalue weighted by atomic mass is 10.1. The van der Waals surface area contributed by atoms with Crippen molar-refractivity contribution >= 4 is 17.5 Å². The molecule has 3 aromatic rings. The molecule has 27 heavy (non-hydrogen) atoms. The fourth-order valence-corrected chi connectivity index (χ4v) is 2.55. The highest BCUT2D eigenvalue weighted by molar-refractivity contribution is 5.78. The van der Waals surface area contributed by atoms with E-state index in [1.165, 1.54) is 4.68 Å². The van der Waals surface area contributed by atoms with Gasteiger partial charge in [-0.15, -0.1) is 0 Å². The van der Waals surface area contributed by atoms with Gasteiger partial charge in [-0.1, -0.05) is 6.07 Å². The number of hydrogen-bond acceptors (Lipinski definition) is 7. The van der Waals surface area contributed by atoms with Crippen molar-refractivity contribution < 1.29 is 14.6 Å². The molecule has 9 nitrogen and oxygen atoms in total. The molecular formula is C18H20N6O3. The summed E-state index contributed by atoms with van der Waals surface area (Å²) in [5.41, 5.74) is 8.67. The Kier molecular flexibility index (Phi) is 5.32. The number of nitrogens with one attached hydrogen (secondary N) is 1. The van der Waals surface area contributed by atoms with Crippen LogP contribution in [0.15, 0.2) is 42.9 Å². The third-order valence-electron chi connectivity index (χ3n) is 3.83. The van der Waals surface area contributed by atoms with Gasteiger partial charge in [0.1, 0.15) is 0 Å². The van der Waals surface area contributed by atoms with E-state index in [2.05, 4.69) is 20.4 Å². The minimum absolute atomic E-state index is 0.00388. The van der Waals surface area contributed by atoms with E-state index < -0.39 is 12.0 Å². The number of aliphatic hydroxyl groups excluding tert-OH is 1. The van der Waals surface area contributed by atoms with Crippen LogP contribution < -0.4 is 15.8 Å². The summed E-state index contributed by atoms with van der Waals surface area (Å²) in [7, 11) is 1.55. The molecule has 0 aliphatic rings. The number of rotatable bonds is 7. The van der Waals surface area contributed by atoms with E-state index in [-0.39, 0.29) is 6.54 Å². The standard InChI is InChI=1S/C18H20N6O3/c1-11-5-12(13-8-21-24(9-13)10-15(25)17(19)26)7-14(6-11)22-18-20-4-3-16(23-18)27-2/h3-9,15,25H,10H2,1-2H3,(H2,19,26)(H,20,22,23)/t15-/m0/s1. The van der Waals surface area contributed by atoms with Crippen LogP contribution >= 0.6 is 0 Å². The Bertz CT molecular complexity index is 956. The van der Waals surface area contributed by atoms with Crippen molar-refractivity contribution in [3.05, 3.63) is 48.4 Å². The number of anilines is 2. The Morgan fingerprint density at radius 3 is 2.93 bits per heavy atom. The SMILES string of the molecule is COc1ccnc(Nc2cc(C)cc(-c3cnn(C[C@H](O)C(N)=O)c3)c2)n1. The number of aryl methyl sites for hydroxylation is 1. The number of aromatic nitrogens is 4. The minimum atomic E-state index is -1.28. The first-order valence-electron chi connectivity index (χ1n) is 8.20. The van der Waals surface area contributed by atoms with Crippen LogP contribution in [0.25, 0.3) is 11.1 Å². The fourth-order valence-electron chi connectivity index (χ4n) is 2.55. The molecule has 2 aromatic heterocycles. The van der Waals surface area contributed by atoms with Crippen molar-refractivity contribution in [3.8, 4) is 17.0 Å². The van der Waals surface area contributed by atoms with Gasteiger partial charge in [-0.2, -0.15) is 10.1 Å². The van der Waals surface area contributed by atoms with E-state index in [0.29, 0.717) is 11.8 Å². The summed E-state index contributed by atoms with van der Waals surface area (Å²) in [5, 5.41) is 16.9. The molecule has 0 radical (unpaired) electrons. The predicted molar refractivity (Wildman–Crippen MR) is 99.5 cm³/mol. The average Bonchev–Trinajstić information content (AvgIpc) is 3.10. The first-order valence-corrected chi connectivity index (χ1v) is 8.20. The third kappa shape index (κ3) is 4.59. The van der Waals surface area contributed by atoms with Crippen molar-refractivity contribution in [1.29, 1.82) is 0 Å². The van der Waals surface area contributed by atoms with Crippen LogP contribution in [0.4, 0.5) is 11.6 Å². The second-order valence-corrected chi connectivity index (χ2v) is 6.00. The van der Waals surface area contributed by atoms with Gasteiger partial charge in [0.2, 0.25) is 17.7 Å². The van der Waals surface area contributed by atoms with Gasteiger partial charge >= 0.3 is 0 Å². The van der Waals surface area contributed by atoms with Gasteiger partial charge in [-0.25, -0.2) is 4.98 Å². The lowest BCUT2D eigenvalue weighted by Crippen LogP contribution is -2.32. The molecule has 1 atom stereocenters. The number of ether oxygens (including phenoxy) is 1. The van der Waals surface area contributed by atoms with Crippen molar-refractivity contribution in [3.63, 3.8) is 0 Å². The molecule has 0 fully saturated rings. The smallest absolute Gasteiger partial charge is 0.248 e. The van der Waals surface area contributed by atoms with E-state index in [1.807, 2.05) is 25.1 Å². The summed E-state index contributed by atoms with van der Waals surface area (Å²) >= 11 is 0. The Labute approximate surface area is 155 Å². The second-order valence-electron chi connectivity index (χ2n) is 6.00. The number of amides is 1. The molecule has 4 N–H and O–H groups in total. The Morgan fingerprint density at radius 1 is 1.37 bits per heavy atom. The fraction of sp³-hybridized carbons (Fsp3) is 0.222. The molecule has 0 spiro atoms. The first kappa shape index (κ1) is 18.3. The van der Waals surface area contributed by atoms with Gasteiger partial charge in [0, 0.05) is 29.7 Å². The number of primary amides is 1. The van der Waals surface area contributed by atoms with Crippen LogP contribution in [0.2, 0.25) is 0 Å². The number of benzene rings is 1. The zero-order valence-electron chi connectivity index (χ0n) is 15.0. The number of carbonyl (C=O) groups excluding carboxylic acids is 1. The largest absolute Gasteiger partial charge is 0.481 e. The van der Waals surface area contributed by atoms with Crippen LogP contribution in [0.1, 0.15) is 5.56 Å². The molecule has 140 valence electrons. The highest BCUT2D eigenvalue weighted by Gasteiger charge is 2.13. The molecular weight excluding hydrogens is 348 g/mol. The molecule has 1 amide bonds. The van der Waals surface area contributed by atoms with E-state index in [4.69, 9.17) is 10.5 Å². The molecule has 0 saturated heterocycles. The molecule has 0 aliphatic heterocycles. The summed E-state index contributed by atoms with van der Waals surface area (Å²) in [6.45, 7) is 1.98. The zero-order valence-corrected chi connectivity index (χ0v) is 15.0. The van der Waals surface area contributed by atoms with Crippen LogP contribution in [0, 0.1) is 6.92 Å². The predicted octanol–water partition coefficient (Wildman–Crippen LogP) is 1.25. The Balaban J connectivity index is 1.83. The van der Waals surface area contributed by atoms with E-state index in [1.54, 1.807) is 31.8 Å². The van der Waals surface area contributed by atoms with Crippen LogP contribution in [-0.4, -0.2) is 44.0 Å². The van der Waals surface area contributed by atoms with Gasteiger partial charge in [0.05, 0.1) is 19.9 Å². The zero-order chi connectivity index (χ0) is 19.4. The molecule has 2 heterocycles. The normalized spacial score (nSPS) is 11.8. The maximum atomic E-state index is 11.0. The monoisotopic (exact) mass is 368 g/mol. The number of aliphatic hydroxyl groups is 1. The summed E-state index contributed by atoms with van der Waals surface area (Å²) in [5.74, 6) is 0.105. The first-order chi connectivity index (χ1) is 12.9. The van der Waals surface area contributed by atoms with Gasteiger partial charge < -0.3 is 20.9 Å². The van der Waals surface area contributed by atoms with Crippen molar-refractivity contribution in [2.45, 2.75) is 19.6 Å². The molecule has 0 aliphatic carbocycles. The summed E-state index contributed by atoms with van der Waals surface area (Å²) < 4.78 is 6.58. The maximum absolute atomic E-state index is 11.0. The van der Waals surface area contributed by atoms with Crippen LogP contribution in [0.3, 0.4) is 0 Å². The number of carbonyl (C=O) groups is 1. The van der Waals surface area contributed by atoms with Crippen molar-refractivity contribution in [2.75, 3.05) is 12.4 Å². The molecule has 0 unspecified atom stereocenters. The van der Waals surface area contributed by atoms with E-state index >= 15 is 0 Å². The summed E-state index contributed by atoms with van der Waals surface area (Å²) in [4.78, 5) is 19.4. The Morgan fingerprint density at radius 2 is 2.19 bits per heavy atom. The molecule has 0 bridgehead atoms. The van der Waals surface area contributed by atoms with Gasteiger partial charge in [-0.05, 0) is 30.2 Å². The number of nitrogens with two attached hydrogens (primary N) is 1. The van der Waals surface area contributed by atoms with E-state index in [9.17, 15) is 9.90 Å². The molecule has 0 saturated carbocycles. The van der Waals surface area contributed by atoms with Gasteiger partial charge in [0.15, 0.2) is 6.10 Å². The van der Waals surface area contributed by atoms with Crippen molar-refractivity contribution in [1.82, 2.24) is 19.7 Å². The summed E-state index contributed by atoms with van der Waals surface area (Å²) in [6, 6.07) is 7.57. The number of nitrogens with zero attached hydrogens (tertiary/aromatic N) is 4. The second kappa shape index (κ2) is 7.83. The highest BCUT2D eigenvalue weighted by Crippen LogP contribution is 2.26. The van der Waals surface area contributed by atoms with E-state index in [0.717, 1.165) is 22.4 Å². The Hall–Kier alpha value is -3.46. The molecule has 1 aromatic carbocycles. The summed E-state index contributed by atoms with van der Waals surface area (Å²) in [6.07, 6.45) is 3.73. The highest BCUT2D eigenvalue weighted by atomic mass is 16.5.